The molecule has 1 aromatic carbocycles. The normalized spacial score (nSPS) is 10.4. The lowest BCUT2D eigenvalue weighted by molar-refractivity contribution is 0.788. The molecule has 1 aromatic heterocycles. The van der Waals surface area contributed by atoms with E-state index >= 15 is 0 Å². The summed E-state index contributed by atoms with van der Waals surface area (Å²) in [5.41, 5.74) is 7.30. The standard InChI is InChI=1S/C12H14ClN5S/c1-18-7-16-17-11(18)4-5-15-10-6-8(13)2-3-9(10)12(14)19/h2-3,6-7,15H,4-5H2,1H3,(H2,14,19). The smallest absolute Gasteiger partial charge is 0.134 e. The van der Waals surface area contributed by atoms with E-state index in [4.69, 9.17) is 29.6 Å². The van der Waals surface area contributed by atoms with E-state index in [1.165, 1.54) is 0 Å². The lowest BCUT2D eigenvalue weighted by Gasteiger charge is -2.11. The Balaban J connectivity index is 2.05. The molecule has 0 radical (unpaired) electrons. The summed E-state index contributed by atoms with van der Waals surface area (Å²) in [7, 11) is 1.91. The van der Waals surface area contributed by atoms with Crippen LogP contribution in [0.3, 0.4) is 0 Å². The summed E-state index contributed by atoms with van der Waals surface area (Å²) < 4.78 is 1.88. The predicted octanol–water partition coefficient (Wildman–Crippen LogP) is 1.76. The molecule has 100 valence electrons. The zero-order valence-electron chi connectivity index (χ0n) is 10.4. The molecule has 0 bridgehead atoms. The quantitative estimate of drug-likeness (QED) is 0.823. The van der Waals surface area contributed by atoms with E-state index in [2.05, 4.69) is 15.5 Å². The molecule has 19 heavy (non-hydrogen) atoms. The third-order valence-corrected chi connectivity index (χ3v) is 3.17. The molecule has 0 amide bonds. The first kappa shape index (κ1) is 13.8. The number of hydrogen-bond acceptors (Lipinski definition) is 4. The van der Waals surface area contributed by atoms with E-state index in [0.29, 0.717) is 16.6 Å². The Labute approximate surface area is 121 Å². The molecule has 0 atom stereocenters. The van der Waals surface area contributed by atoms with Crippen LogP contribution in [0.5, 0.6) is 0 Å². The summed E-state index contributed by atoms with van der Waals surface area (Å²) in [6.07, 6.45) is 2.43. The second-order valence-corrected chi connectivity index (χ2v) is 4.97. The highest BCUT2D eigenvalue weighted by Crippen LogP contribution is 2.21. The van der Waals surface area contributed by atoms with Crippen LogP contribution in [0.25, 0.3) is 0 Å². The van der Waals surface area contributed by atoms with Crippen LogP contribution in [-0.2, 0) is 13.5 Å². The number of halogens is 1. The molecule has 2 aromatic rings. The van der Waals surface area contributed by atoms with Crippen molar-refractivity contribution in [1.29, 1.82) is 0 Å². The topological polar surface area (TPSA) is 68.8 Å². The molecule has 3 N–H and O–H groups in total. The van der Waals surface area contributed by atoms with Crippen LogP contribution in [0.4, 0.5) is 5.69 Å². The molecule has 0 aliphatic rings. The van der Waals surface area contributed by atoms with Gasteiger partial charge in [0.15, 0.2) is 0 Å². The van der Waals surface area contributed by atoms with Gasteiger partial charge in [-0.3, -0.25) is 0 Å². The van der Waals surface area contributed by atoms with Crippen LogP contribution in [0.1, 0.15) is 11.4 Å². The largest absolute Gasteiger partial charge is 0.389 e. The van der Waals surface area contributed by atoms with Gasteiger partial charge in [-0.15, -0.1) is 10.2 Å². The zero-order valence-corrected chi connectivity index (χ0v) is 12.0. The molecule has 0 spiro atoms. The Morgan fingerprint density at radius 2 is 2.32 bits per heavy atom. The highest BCUT2D eigenvalue weighted by molar-refractivity contribution is 7.80. The van der Waals surface area contributed by atoms with Crippen LogP contribution < -0.4 is 11.1 Å². The third-order valence-electron chi connectivity index (χ3n) is 2.72. The molecule has 1 heterocycles. The van der Waals surface area contributed by atoms with Crippen LogP contribution in [0.2, 0.25) is 5.02 Å². The summed E-state index contributed by atoms with van der Waals surface area (Å²) in [5.74, 6) is 0.909. The van der Waals surface area contributed by atoms with Crippen molar-refractivity contribution in [3.8, 4) is 0 Å². The van der Waals surface area contributed by atoms with E-state index in [1.54, 1.807) is 12.4 Å². The van der Waals surface area contributed by atoms with Crippen molar-refractivity contribution in [2.45, 2.75) is 6.42 Å². The van der Waals surface area contributed by atoms with Gasteiger partial charge < -0.3 is 15.6 Å². The monoisotopic (exact) mass is 295 g/mol. The number of anilines is 1. The van der Waals surface area contributed by atoms with E-state index in [1.807, 2.05) is 23.7 Å². The van der Waals surface area contributed by atoms with Crippen molar-refractivity contribution >= 4 is 34.5 Å². The van der Waals surface area contributed by atoms with Crippen LogP contribution >= 0.6 is 23.8 Å². The number of hydrogen-bond donors (Lipinski definition) is 2. The maximum atomic E-state index is 5.97. The number of rotatable bonds is 5. The van der Waals surface area contributed by atoms with Gasteiger partial charge in [-0.2, -0.15) is 0 Å². The van der Waals surface area contributed by atoms with Crippen molar-refractivity contribution in [3.63, 3.8) is 0 Å². The Kier molecular flexibility index (Phi) is 4.34. The zero-order chi connectivity index (χ0) is 13.8. The molecule has 0 aliphatic carbocycles. The molecule has 7 heteroatoms. The van der Waals surface area contributed by atoms with E-state index in [-0.39, 0.29) is 0 Å². The molecule has 0 aliphatic heterocycles. The Bertz CT molecular complexity index is 596. The SMILES string of the molecule is Cn1cnnc1CCNc1cc(Cl)ccc1C(N)=S. The molecule has 0 fully saturated rings. The van der Waals surface area contributed by atoms with Crippen LogP contribution in [-0.4, -0.2) is 26.3 Å². The average molecular weight is 296 g/mol. The first-order chi connectivity index (χ1) is 9.08. The molecule has 0 saturated carbocycles. The lowest BCUT2D eigenvalue weighted by Crippen LogP contribution is -2.15. The number of nitrogens with one attached hydrogen (secondary N) is 1. The number of thiocarbonyl (C=S) groups is 1. The fourth-order valence-corrected chi connectivity index (χ4v) is 2.07. The Morgan fingerprint density at radius 3 is 2.95 bits per heavy atom. The van der Waals surface area contributed by atoms with E-state index < -0.39 is 0 Å². The fourth-order valence-electron chi connectivity index (χ4n) is 1.72. The highest BCUT2D eigenvalue weighted by Gasteiger charge is 2.06. The number of nitrogens with zero attached hydrogens (tertiary/aromatic N) is 3. The number of benzene rings is 1. The van der Waals surface area contributed by atoms with Gasteiger partial charge >= 0.3 is 0 Å². The van der Waals surface area contributed by atoms with Gasteiger partial charge in [0.25, 0.3) is 0 Å². The van der Waals surface area contributed by atoms with E-state index in [9.17, 15) is 0 Å². The summed E-state index contributed by atoms with van der Waals surface area (Å²) in [5, 5.41) is 11.8. The van der Waals surface area contributed by atoms with Gasteiger partial charge in [-0.25, -0.2) is 0 Å². The molecular formula is C12H14ClN5S. The van der Waals surface area contributed by atoms with Crippen molar-refractivity contribution in [3.05, 3.63) is 40.9 Å². The molecule has 2 rings (SSSR count). The van der Waals surface area contributed by atoms with E-state index in [0.717, 1.165) is 23.5 Å². The van der Waals surface area contributed by atoms with Gasteiger partial charge in [-0.05, 0) is 18.2 Å². The van der Waals surface area contributed by atoms with Crippen molar-refractivity contribution < 1.29 is 0 Å². The van der Waals surface area contributed by atoms with Crippen LogP contribution in [0, 0.1) is 0 Å². The van der Waals surface area contributed by atoms with Gasteiger partial charge in [0.2, 0.25) is 0 Å². The summed E-state index contributed by atoms with van der Waals surface area (Å²) in [6.45, 7) is 0.697. The predicted molar refractivity (Wildman–Crippen MR) is 80.5 cm³/mol. The van der Waals surface area contributed by atoms with Crippen molar-refractivity contribution in [2.75, 3.05) is 11.9 Å². The third kappa shape index (κ3) is 3.42. The Hall–Kier alpha value is -1.66. The number of aromatic nitrogens is 3. The number of nitrogens with two attached hydrogens (primary N) is 1. The summed E-state index contributed by atoms with van der Waals surface area (Å²) in [4.78, 5) is 0.345. The second kappa shape index (κ2) is 5.99. The minimum absolute atomic E-state index is 0.345. The summed E-state index contributed by atoms with van der Waals surface area (Å²) in [6, 6.07) is 5.39. The minimum Gasteiger partial charge on any atom is -0.389 e. The minimum atomic E-state index is 0.345. The molecular weight excluding hydrogens is 282 g/mol. The van der Waals surface area contributed by atoms with Gasteiger partial charge in [-0.1, -0.05) is 23.8 Å². The van der Waals surface area contributed by atoms with Crippen molar-refractivity contribution in [2.24, 2.45) is 12.8 Å². The number of aryl methyl sites for hydroxylation is 1. The maximum absolute atomic E-state index is 5.97. The van der Waals surface area contributed by atoms with Gasteiger partial charge in [0.05, 0.1) is 0 Å². The first-order valence-electron chi connectivity index (χ1n) is 5.74. The first-order valence-corrected chi connectivity index (χ1v) is 6.52. The highest BCUT2D eigenvalue weighted by atomic mass is 35.5. The van der Waals surface area contributed by atoms with Gasteiger partial charge in [0, 0.05) is 36.3 Å². The molecule has 0 unspecified atom stereocenters. The fraction of sp³-hybridized carbons (Fsp3) is 0.250. The maximum Gasteiger partial charge on any atom is 0.134 e. The Morgan fingerprint density at radius 1 is 1.53 bits per heavy atom. The summed E-state index contributed by atoms with van der Waals surface area (Å²) >= 11 is 11.0. The molecule has 5 nitrogen and oxygen atoms in total. The molecule has 0 saturated heterocycles. The average Bonchev–Trinajstić information content (AvgIpc) is 2.75. The lowest BCUT2D eigenvalue weighted by atomic mass is 10.1. The van der Waals surface area contributed by atoms with Gasteiger partial charge in [0.1, 0.15) is 17.1 Å². The van der Waals surface area contributed by atoms with Crippen molar-refractivity contribution in [1.82, 2.24) is 14.8 Å². The second-order valence-electron chi connectivity index (χ2n) is 4.09. The van der Waals surface area contributed by atoms with Crippen LogP contribution in [0.15, 0.2) is 24.5 Å².